The lowest BCUT2D eigenvalue weighted by Gasteiger charge is -2.14. The predicted molar refractivity (Wildman–Crippen MR) is 99.3 cm³/mol. The highest BCUT2D eigenvalue weighted by molar-refractivity contribution is 7.13. The number of benzene rings is 1. The lowest BCUT2D eigenvalue weighted by molar-refractivity contribution is -0.138. The lowest BCUT2D eigenvalue weighted by Crippen LogP contribution is -2.29. The molecule has 28 heavy (non-hydrogen) atoms. The summed E-state index contributed by atoms with van der Waals surface area (Å²) in [6.07, 6.45) is -4.77. The fourth-order valence-corrected chi connectivity index (χ4v) is 4.03. The van der Waals surface area contributed by atoms with E-state index in [0.29, 0.717) is 4.88 Å². The van der Waals surface area contributed by atoms with Crippen molar-refractivity contribution in [2.45, 2.75) is 18.6 Å². The zero-order valence-corrected chi connectivity index (χ0v) is 15.7. The van der Waals surface area contributed by atoms with E-state index in [2.05, 4.69) is 10.3 Å². The number of halogens is 3. The Hall–Kier alpha value is -2.72. The van der Waals surface area contributed by atoms with E-state index in [1.165, 1.54) is 28.8 Å². The maximum Gasteiger partial charge on any atom is 0.416 e. The summed E-state index contributed by atoms with van der Waals surface area (Å²) in [5.74, 6) is -1.66. The van der Waals surface area contributed by atoms with E-state index in [0.717, 1.165) is 23.5 Å². The molecule has 2 N–H and O–H groups in total. The second kappa shape index (κ2) is 8.11. The molecule has 0 saturated heterocycles. The van der Waals surface area contributed by atoms with E-state index >= 15 is 0 Å². The second-order valence-corrected chi connectivity index (χ2v) is 7.59. The van der Waals surface area contributed by atoms with Gasteiger partial charge in [0.25, 0.3) is 5.91 Å². The molecule has 2 heterocycles. The maximum absolute atomic E-state index is 12.9. The van der Waals surface area contributed by atoms with Crippen molar-refractivity contribution in [3.8, 4) is 10.6 Å². The highest BCUT2D eigenvalue weighted by Crippen LogP contribution is 2.33. The number of alkyl halides is 3. The fourth-order valence-electron chi connectivity index (χ4n) is 2.46. The number of rotatable bonds is 6. The van der Waals surface area contributed by atoms with Crippen LogP contribution in [0.25, 0.3) is 10.6 Å². The fraction of sp³-hybridized carbons (Fsp3) is 0.167. The first-order valence-corrected chi connectivity index (χ1v) is 9.69. The summed E-state index contributed by atoms with van der Waals surface area (Å²) in [7, 11) is 0. The third-order valence-electron chi connectivity index (χ3n) is 3.74. The van der Waals surface area contributed by atoms with Gasteiger partial charge in [0.2, 0.25) is 0 Å². The molecule has 2 aromatic heterocycles. The Morgan fingerprint density at radius 1 is 1.18 bits per heavy atom. The number of aliphatic carboxylic acids is 1. The number of carbonyl (C=O) groups excluding carboxylic acids is 1. The minimum Gasteiger partial charge on any atom is -0.481 e. The first-order valence-electron chi connectivity index (χ1n) is 7.93. The Kier molecular flexibility index (Phi) is 5.80. The summed E-state index contributed by atoms with van der Waals surface area (Å²) < 4.78 is 38.6. The van der Waals surface area contributed by atoms with Crippen LogP contribution in [0.1, 0.15) is 33.4 Å². The lowest BCUT2D eigenvalue weighted by atomic mass is 10.1. The number of carbonyl (C=O) groups is 2. The minimum absolute atomic E-state index is 0.0179. The zero-order chi connectivity index (χ0) is 20.3. The first kappa shape index (κ1) is 20.0. The summed E-state index contributed by atoms with van der Waals surface area (Å²) >= 11 is 2.35. The molecule has 1 aromatic carbocycles. The van der Waals surface area contributed by atoms with Gasteiger partial charge in [0.15, 0.2) is 0 Å². The normalized spacial score (nSPS) is 12.5. The Labute approximate surface area is 165 Å². The van der Waals surface area contributed by atoms with E-state index in [1.54, 1.807) is 17.5 Å². The van der Waals surface area contributed by atoms with Gasteiger partial charge in [-0.3, -0.25) is 9.59 Å². The second-order valence-electron chi connectivity index (χ2n) is 5.76. The predicted octanol–water partition coefficient (Wildman–Crippen LogP) is 4.84. The highest BCUT2D eigenvalue weighted by atomic mass is 32.1. The van der Waals surface area contributed by atoms with Crippen LogP contribution in [0, 0.1) is 0 Å². The smallest absolute Gasteiger partial charge is 0.416 e. The van der Waals surface area contributed by atoms with Gasteiger partial charge < -0.3 is 10.4 Å². The maximum atomic E-state index is 12.9. The van der Waals surface area contributed by atoms with Gasteiger partial charge in [-0.2, -0.15) is 13.2 Å². The Morgan fingerprint density at radius 3 is 2.61 bits per heavy atom. The van der Waals surface area contributed by atoms with Crippen LogP contribution in [-0.2, 0) is 11.0 Å². The third-order valence-corrected chi connectivity index (χ3v) is 5.62. The molecule has 0 spiro atoms. The van der Waals surface area contributed by atoms with Gasteiger partial charge in [-0.15, -0.1) is 22.7 Å². The van der Waals surface area contributed by atoms with Crippen molar-refractivity contribution < 1.29 is 27.9 Å². The highest BCUT2D eigenvalue weighted by Gasteiger charge is 2.30. The van der Waals surface area contributed by atoms with E-state index < -0.39 is 29.7 Å². The number of amides is 1. The summed E-state index contributed by atoms with van der Waals surface area (Å²) in [6, 6.07) is 7.43. The molecular formula is C18H13F3N2O3S2. The number of thiophene rings is 1. The molecule has 0 saturated carbocycles. The average molecular weight is 426 g/mol. The van der Waals surface area contributed by atoms with Crippen LogP contribution >= 0.6 is 22.7 Å². The Morgan fingerprint density at radius 2 is 1.96 bits per heavy atom. The van der Waals surface area contributed by atoms with Crippen LogP contribution in [0.5, 0.6) is 0 Å². The molecule has 1 amide bonds. The molecule has 0 bridgehead atoms. The number of thiazole rings is 1. The zero-order valence-electron chi connectivity index (χ0n) is 14.1. The van der Waals surface area contributed by atoms with Gasteiger partial charge in [-0.05, 0) is 23.6 Å². The quantitative estimate of drug-likeness (QED) is 0.591. The van der Waals surface area contributed by atoms with Gasteiger partial charge >= 0.3 is 12.1 Å². The molecular weight excluding hydrogens is 413 g/mol. The number of hydrogen-bond acceptors (Lipinski definition) is 5. The molecule has 10 heteroatoms. The number of nitrogens with zero attached hydrogens (tertiary/aromatic N) is 1. The van der Waals surface area contributed by atoms with Gasteiger partial charge in [0.1, 0.15) is 10.7 Å². The van der Waals surface area contributed by atoms with Crippen LogP contribution < -0.4 is 5.32 Å². The summed E-state index contributed by atoms with van der Waals surface area (Å²) in [4.78, 5) is 28.3. The summed E-state index contributed by atoms with van der Waals surface area (Å²) in [5.41, 5.74) is -0.533. The molecule has 1 atom stereocenters. The number of hydrogen-bond donors (Lipinski definition) is 2. The third kappa shape index (κ3) is 4.76. The van der Waals surface area contributed by atoms with Crippen molar-refractivity contribution in [1.29, 1.82) is 0 Å². The van der Waals surface area contributed by atoms with Crippen molar-refractivity contribution in [3.63, 3.8) is 0 Å². The molecule has 3 aromatic rings. The van der Waals surface area contributed by atoms with Crippen LogP contribution in [0.4, 0.5) is 13.2 Å². The largest absolute Gasteiger partial charge is 0.481 e. The summed E-state index contributed by atoms with van der Waals surface area (Å²) in [5, 5.41) is 15.1. The first-order chi connectivity index (χ1) is 13.2. The van der Waals surface area contributed by atoms with E-state index in [1.807, 2.05) is 0 Å². The molecule has 5 nitrogen and oxygen atoms in total. The van der Waals surface area contributed by atoms with Crippen LogP contribution in [-0.4, -0.2) is 22.0 Å². The average Bonchev–Trinajstić information content (AvgIpc) is 3.32. The van der Waals surface area contributed by atoms with E-state index in [9.17, 15) is 22.8 Å². The molecule has 0 aliphatic carbocycles. The topological polar surface area (TPSA) is 79.3 Å². The van der Waals surface area contributed by atoms with Gasteiger partial charge in [0.05, 0.1) is 18.0 Å². The van der Waals surface area contributed by atoms with Crippen molar-refractivity contribution >= 4 is 34.6 Å². The van der Waals surface area contributed by atoms with Crippen LogP contribution in [0.15, 0.2) is 47.2 Å². The van der Waals surface area contributed by atoms with Gasteiger partial charge in [0, 0.05) is 15.8 Å². The molecule has 0 radical (unpaired) electrons. The Balaban J connectivity index is 1.79. The molecule has 0 unspecified atom stereocenters. The molecule has 0 aliphatic heterocycles. The number of aromatic nitrogens is 1. The standard InChI is InChI=1S/C18H13F3N2O3S2/c19-18(20,21)11-4-1-3-10(7-11)17-23-13(9-28-17)16(26)22-12(8-15(24)25)14-5-2-6-27-14/h1-7,9,12H,8H2,(H,22,26)(H,24,25)/t12-/m0/s1. The van der Waals surface area contributed by atoms with Gasteiger partial charge in [-0.25, -0.2) is 4.98 Å². The molecule has 146 valence electrons. The van der Waals surface area contributed by atoms with Gasteiger partial charge in [-0.1, -0.05) is 18.2 Å². The van der Waals surface area contributed by atoms with Crippen molar-refractivity contribution in [2.75, 3.05) is 0 Å². The van der Waals surface area contributed by atoms with Crippen LogP contribution in [0.3, 0.4) is 0 Å². The van der Waals surface area contributed by atoms with Crippen LogP contribution in [0.2, 0.25) is 0 Å². The molecule has 0 aliphatic rings. The molecule has 0 fully saturated rings. The minimum atomic E-state index is -4.47. The molecule has 3 rings (SSSR count). The van der Waals surface area contributed by atoms with Crippen molar-refractivity contribution in [1.82, 2.24) is 10.3 Å². The van der Waals surface area contributed by atoms with E-state index in [-0.39, 0.29) is 22.7 Å². The van der Waals surface area contributed by atoms with Crippen molar-refractivity contribution in [2.24, 2.45) is 0 Å². The van der Waals surface area contributed by atoms with E-state index in [4.69, 9.17) is 5.11 Å². The monoisotopic (exact) mass is 426 g/mol. The number of carboxylic acids is 1. The van der Waals surface area contributed by atoms with Crippen molar-refractivity contribution in [3.05, 3.63) is 63.3 Å². The summed E-state index contributed by atoms with van der Waals surface area (Å²) in [6.45, 7) is 0. The SMILES string of the molecule is O=C(O)C[C@H](NC(=O)c1csc(-c2cccc(C(F)(F)F)c2)n1)c1cccs1. The number of nitrogens with one attached hydrogen (secondary N) is 1. The number of carboxylic acid groups (broad SMARTS) is 1. The Bertz CT molecular complexity index is 984.